The number of carbonyl (C=O) groups is 3. The van der Waals surface area contributed by atoms with E-state index in [2.05, 4.69) is 69.4 Å². The van der Waals surface area contributed by atoms with Gasteiger partial charge in [-0.1, -0.05) is 179 Å². The summed E-state index contributed by atoms with van der Waals surface area (Å²) < 4.78 is 16.7. The molecule has 0 amide bonds. The second-order valence-corrected chi connectivity index (χ2v) is 15.7. The van der Waals surface area contributed by atoms with Crippen molar-refractivity contribution < 1.29 is 28.6 Å². The highest BCUT2D eigenvalue weighted by atomic mass is 16.6. The van der Waals surface area contributed by atoms with E-state index in [1.165, 1.54) is 77.0 Å². The third-order valence-corrected chi connectivity index (χ3v) is 10.1. The van der Waals surface area contributed by atoms with E-state index in [0.717, 1.165) is 116 Å². The zero-order valence-corrected chi connectivity index (χ0v) is 36.9. The molecule has 1 atom stereocenters. The van der Waals surface area contributed by atoms with Gasteiger partial charge in [-0.15, -0.1) is 0 Å². The van der Waals surface area contributed by atoms with Gasteiger partial charge in [-0.2, -0.15) is 0 Å². The Labute approximate surface area is 346 Å². The first kappa shape index (κ1) is 53.4. The quantitative estimate of drug-likeness (QED) is 0.0202. The Kier molecular flexibility index (Phi) is 43.0. The van der Waals surface area contributed by atoms with Gasteiger partial charge in [0.2, 0.25) is 0 Å². The van der Waals surface area contributed by atoms with E-state index in [0.29, 0.717) is 19.3 Å². The molecule has 0 rings (SSSR count). The molecule has 0 aromatic heterocycles. The molecule has 0 aliphatic heterocycles. The summed E-state index contributed by atoms with van der Waals surface area (Å²) in [4.78, 5) is 37.7. The number of ether oxygens (including phenoxy) is 3. The van der Waals surface area contributed by atoms with Crippen molar-refractivity contribution in [2.45, 2.75) is 239 Å². The second kappa shape index (κ2) is 45.1. The van der Waals surface area contributed by atoms with E-state index in [1.54, 1.807) is 0 Å². The predicted octanol–water partition coefficient (Wildman–Crippen LogP) is 15.1. The van der Waals surface area contributed by atoms with Crippen molar-refractivity contribution in [2.75, 3.05) is 13.2 Å². The third kappa shape index (κ3) is 42.5. The summed E-state index contributed by atoms with van der Waals surface area (Å²) in [5, 5.41) is 0. The normalized spacial score (nSPS) is 12.4. The highest BCUT2D eigenvalue weighted by molar-refractivity contribution is 5.71. The van der Waals surface area contributed by atoms with Gasteiger partial charge in [-0.25, -0.2) is 0 Å². The summed E-state index contributed by atoms with van der Waals surface area (Å²) in [6.07, 6.45) is 52.4. The Bertz CT molecular complexity index is 996. The largest absolute Gasteiger partial charge is 0.462 e. The molecule has 0 aromatic rings. The van der Waals surface area contributed by atoms with Crippen molar-refractivity contribution in [3.8, 4) is 0 Å². The number of carbonyl (C=O) groups excluding carboxylic acids is 3. The zero-order valence-electron chi connectivity index (χ0n) is 36.9. The van der Waals surface area contributed by atoms with Crippen LogP contribution in [-0.2, 0) is 28.6 Å². The van der Waals surface area contributed by atoms with E-state index in [9.17, 15) is 14.4 Å². The maximum Gasteiger partial charge on any atom is 0.306 e. The summed E-state index contributed by atoms with van der Waals surface area (Å²) in [6.45, 7) is 6.50. The fourth-order valence-electron chi connectivity index (χ4n) is 6.39. The van der Waals surface area contributed by atoms with Gasteiger partial charge in [0.1, 0.15) is 13.2 Å². The van der Waals surface area contributed by atoms with Crippen LogP contribution in [0.4, 0.5) is 0 Å². The van der Waals surface area contributed by atoms with E-state index < -0.39 is 6.10 Å². The molecule has 6 heteroatoms. The van der Waals surface area contributed by atoms with E-state index in [1.807, 2.05) is 0 Å². The molecule has 324 valence electrons. The Morgan fingerprint density at radius 3 is 1.05 bits per heavy atom. The number of hydrogen-bond donors (Lipinski definition) is 0. The number of allylic oxidation sites excluding steroid dienone is 8. The molecule has 0 N–H and O–H groups in total. The maximum absolute atomic E-state index is 12.7. The van der Waals surface area contributed by atoms with E-state index >= 15 is 0 Å². The topological polar surface area (TPSA) is 78.9 Å². The van der Waals surface area contributed by atoms with Gasteiger partial charge >= 0.3 is 17.9 Å². The average molecular weight is 785 g/mol. The van der Waals surface area contributed by atoms with Crippen LogP contribution in [0.25, 0.3) is 0 Å². The molecule has 56 heavy (non-hydrogen) atoms. The molecule has 1 unspecified atom stereocenters. The fraction of sp³-hybridized carbons (Fsp3) is 0.780. The Morgan fingerprint density at radius 2 is 0.661 bits per heavy atom. The third-order valence-electron chi connectivity index (χ3n) is 10.1. The van der Waals surface area contributed by atoms with Gasteiger partial charge in [0.25, 0.3) is 0 Å². The van der Waals surface area contributed by atoms with Crippen LogP contribution in [-0.4, -0.2) is 37.2 Å². The minimum atomic E-state index is -0.786. The van der Waals surface area contributed by atoms with Crippen LogP contribution in [0, 0.1) is 0 Å². The number of unbranched alkanes of at least 4 members (excludes halogenated alkanes) is 24. The van der Waals surface area contributed by atoms with Crippen molar-refractivity contribution in [3.05, 3.63) is 48.6 Å². The summed E-state index contributed by atoms with van der Waals surface area (Å²) in [5.41, 5.74) is 0. The molecule has 0 radical (unpaired) electrons. The van der Waals surface area contributed by atoms with Crippen LogP contribution in [0.15, 0.2) is 48.6 Å². The van der Waals surface area contributed by atoms with Gasteiger partial charge in [-0.3, -0.25) is 14.4 Å². The molecular weight excluding hydrogens is 697 g/mol. The van der Waals surface area contributed by atoms with Gasteiger partial charge in [-0.05, 0) is 83.5 Å². The smallest absolute Gasteiger partial charge is 0.306 e. The first-order valence-corrected chi connectivity index (χ1v) is 23.7. The number of hydrogen-bond acceptors (Lipinski definition) is 6. The summed E-state index contributed by atoms with van der Waals surface area (Å²) in [7, 11) is 0. The lowest BCUT2D eigenvalue weighted by Gasteiger charge is -2.18. The van der Waals surface area contributed by atoms with Crippen LogP contribution >= 0.6 is 0 Å². The standard InChI is InChI=1S/C50H88O6/c1-4-7-10-13-16-19-22-23-24-25-26-27-28-29-32-34-37-40-43-49(52)55-46-47(56-50(53)44-41-38-35-31-21-18-15-12-9-6-3)45-54-48(51)42-39-36-33-30-20-17-14-11-8-5-2/h14-15,17-18,24-27,47H,4-13,16,19-23,28-46H2,1-3H3/b17-14-,18-15-,25-24-,27-26-. The van der Waals surface area contributed by atoms with Crippen LogP contribution in [0.3, 0.4) is 0 Å². The molecule has 0 fully saturated rings. The van der Waals surface area contributed by atoms with Crippen molar-refractivity contribution >= 4 is 17.9 Å². The van der Waals surface area contributed by atoms with Gasteiger partial charge in [0.15, 0.2) is 6.10 Å². The molecule has 0 aliphatic rings. The van der Waals surface area contributed by atoms with Crippen LogP contribution in [0.2, 0.25) is 0 Å². The Balaban J connectivity index is 4.35. The first-order valence-electron chi connectivity index (χ1n) is 23.7. The molecule has 0 saturated heterocycles. The molecule has 0 aromatic carbocycles. The summed E-state index contributed by atoms with van der Waals surface area (Å²) in [6, 6.07) is 0. The SMILES string of the molecule is CCCC/C=C\CCCCCCC(=O)OCC(COC(=O)CCCCCCC/C=C\C=C/CCCCCCCCC)OC(=O)CCCCCC/C=C\CCCC. The van der Waals surface area contributed by atoms with Gasteiger partial charge < -0.3 is 14.2 Å². The lowest BCUT2D eigenvalue weighted by molar-refractivity contribution is -0.167. The first-order chi connectivity index (χ1) is 27.5. The lowest BCUT2D eigenvalue weighted by Crippen LogP contribution is -2.30. The monoisotopic (exact) mass is 785 g/mol. The summed E-state index contributed by atoms with van der Waals surface area (Å²) >= 11 is 0. The molecule has 0 aliphatic carbocycles. The van der Waals surface area contributed by atoms with E-state index in [-0.39, 0.29) is 31.1 Å². The second-order valence-electron chi connectivity index (χ2n) is 15.7. The molecule has 0 saturated carbocycles. The number of rotatable bonds is 42. The minimum absolute atomic E-state index is 0.0891. The Morgan fingerprint density at radius 1 is 0.357 bits per heavy atom. The van der Waals surface area contributed by atoms with Crippen LogP contribution in [0.5, 0.6) is 0 Å². The molecule has 0 heterocycles. The molecule has 6 nitrogen and oxygen atoms in total. The maximum atomic E-state index is 12.7. The number of esters is 3. The van der Waals surface area contributed by atoms with Crippen LogP contribution < -0.4 is 0 Å². The van der Waals surface area contributed by atoms with Crippen molar-refractivity contribution in [1.29, 1.82) is 0 Å². The minimum Gasteiger partial charge on any atom is -0.462 e. The van der Waals surface area contributed by atoms with E-state index in [4.69, 9.17) is 14.2 Å². The zero-order chi connectivity index (χ0) is 40.8. The average Bonchev–Trinajstić information content (AvgIpc) is 3.19. The van der Waals surface area contributed by atoms with Crippen molar-refractivity contribution in [1.82, 2.24) is 0 Å². The van der Waals surface area contributed by atoms with Crippen molar-refractivity contribution in [3.63, 3.8) is 0 Å². The summed E-state index contributed by atoms with van der Waals surface area (Å²) in [5.74, 6) is -0.932. The fourth-order valence-corrected chi connectivity index (χ4v) is 6.39. The molecule has 0 bridgehead atoms. The highest BCUT2D eigenvalue weighted by Crippen LogP contribution is 2.13. The highest BCUT2D eigenvalue weighted by Gasteiger charge is 2.19. The van der Waals surface area contributed by atoms with Gasteiger partial charge in [0.05, 0.1) is 0 Å². The predicted molar refractivity (Wildman–Crippen MR) is 238 cm³/mol. The lowest BCUT2D eigenvalue weighted by atomic mass is 10.1. The Hall–Kier alpha value is -2.63. The van der Waals surface area contributed by atoms with Crippen molar-refractivity contribution in [2.24, 2.45) is 0 Å². The molecular formula is C50H88O6. The van der Waals surface area contributed by atoms with Crippen LogP contribution in [0.1, 0.15) is 233 Å². The molecule has 0 spiro atoms. The van der Waals surface area contributed by atoms with Gasteiger partial charge in [0, 0.05) is 19.3 Å².